The number of hydrogen-bond donors (Lipinski definition) is 1. The summed E-state index contributed by atoms with van der Waals surface area (Å²) in [5, 5.41) is 3.31. The first-order chi connectivity index (χ1) is 5.77. The number of methoxy groups -OCH3 is 1. The molecular weight excluding hydrogens is 154 g/mol. The lowest BCUT2D eigenvalue weighted by Gasteiger charge is -2.29. The van der Waals surface area contributed by atoms with Gasteiger partial charge in [0.2, 0.25) is 0 Å². The number of nitrogens with one attached hydrogen (secondary N) is 1. The van der Waals surface area contributed by atoms with Crippen LogP contribution in [0.2, 0.25) is 0 Å². The van der Waals surface area contributed by atoms with Crippen molar-refractivity contribution in [3.63, 3.8) is 0 Å². The number of carbonyl (C=O) groups is 1. The molecule has 1 saturated carbocycles. The summed E-state index contributed by atoms with van der Waals surface area (Å²) in [6, 6.07) is 0. The van der Waals surface area contributed by atoms with Gasteiger partial charge in [0.25, 0.3) is 0 Å². The van der Waals surface area contributed by atoms with Crippen molar-refractivity contribution in [2.75, 3.05) is 13.7 Å². The molecule has 1 aliphatic heterocycles. The highest BCUT2D eigenvalue weighted by atomic mass is 16.5. The molecule has 0 spiro atoms. The minimum atomic E-state index is -0.308. The molecule has 2 rings (SSSR count). The molecule has 1 aliphatic carbocycles. The molecule has 0 aromatic carbocycles. The molecule has 0 amide bonds. The molecule has 3 nitrogen and oxygen atoms in total. The van der Waals surface area contributed by atoms with E-state index in [2.05, 4.69) is 5.32 Å². The maximum atomic E-state index is 11.5. The van der Waals surface area contributed by atoms with Crippen molar-refractivity contribution in [2.45, 2.75) is 31.2 Å². The lowest BCUT2D eigenvalue weighted by molar-refractivity contribution is -0.148. The van der Waals surface area contributed by atoms with Crippen molar-refractivity contribution in [3.05, 3.63) is 0 Å². The fourth-order valence-corrected chi connectivity index (χ4v) is 2.52. The van der Waals surface area contributed by atoms with Gasteiger partial charge in [0.05, 0.1) is 7.11 Å². The molecule has 2 atom stereocenters. The normalized spacial score (nSPS) is 39.6. The van der Waals surface area contributed by atoms with Crippen molar-refractivity contribution in [1.82, 2.24) is 5.32 Å². The van der Waals surface area contributed by atoms with Crippen LogP contribution >= 0.6 is 0 Å². The number of ether oxygens (including phenoxy) is 1. The first-order valence-electron chi connectivity index (χ1n) is 4.60. The van der Waals surface area contributed by atoms with Crippen LogP contribution in [0.1, 0.15) is 25.7 Å². The summed E-state index contributed by atoms with van der Waals surface area (Å²) in [5.41, 5.74) is -0.308. The fourth-order valence-electron chi connectivity index (χ4n) is 2.52. The van der Waals surface area contributed by atoms with E-state index in [-0.39, 0.29) is 11.5 Å². The van der Waals surface area contributed by atoms with Gasteiger partial charge in [0.15, 0.2) is 0 Å². The van der Waals surface area contributed by atoms with E-state index in [1.54, 1.807) is 0 Å². The summed E-state index contributed by atoms with van der Waals surface area (Å²) in [6.07, 6.45) is 4.37. The zero-order chi connectivity index (χ0) is 8.60. The van der Waals surface area contributed by atoms with Crippen molar-refractivity contribution in [1.29, 1.82) is 0 Å². The minimum absolute atomic E-state index is 0.0651. The Morgan fingerprint density at radius 3 is 3.25 bits per heavy atom. The molecule has 1 saturated heterocycles. The van der Waals surface area contributed by atoms with Gasteiger partial charge in [0.1, 0.15) is 5.54 Å². The summed E-state index contributed by atoms with van der Waals surface area (Å²) in [4.78, 5) is 11.5. The topological polar surface area (TPSA) is 38.3 Å². The number of hydrogen-bond acceptors (Lipinski definition) is 3. The first-order valence-corrected chi connectivity index (χ1v) is 4.60. The standard InChI is InChI=1S/C9H15NO2/c1-12-8(11)9-4-2-3-7(5-9)6-10-9/h7,10H,2-6H2,1H3/t7-,9+/m0/s1. The quantitative estimate of drug-likeness (QED) is 0.587. The second-order valence-corrected chi connectivity index (χ2v) is 3.92. The summed E-state index contributed by atoms with van der Waals surface area (Å²) >= 11 is 0. The van der Waals surface area contributed by atoms with Crippen LogP contribution < -0.4 is 5.32 Å². The molecule has 0 unspecified atom stereocenters. The highest BCUT2D eigenvalue weighted by molar-refractivity contribution is 5.81. The zero-order valence-electron chi connectivity index (χ0n) is 7.43. The Morgan fingerprint density at radius 1 is 1.67 bits per heavy atom. The fraction of sp³-hybridized carbons (Fsp3) is 0.889. The maximum absolute atomic E-state index is 11.5. The molecule has 1 heterocycles. The van der Waals surface area contributed by atoms with Crippen molar-refractivity contribution in [3.8, 4) is 0 Å². The van der Waals surface area contributed by atoms with Gasteiger partial charge in [-0.05, 0) is 31.7 Å². The van der Waals surface area contributed by atoms with Gasteiger partial charge < -0.3 is 10.1 Å². The van der Waals surface area contributed by atoms with E-state index >= 15 is 0 Å². The average Bonchev–Trinajstić information content (AvgIpc) is 2.42. The van der Waals surface area contributed by atoms with Crippen LogP contribution in [-0.4, -0.2) is 25.2 Å². The lowest BCUT2D eigenvalue weighted by atomic mass is 9.80. The van der Waals surface area contributed by atoms with E-state index in [0.29, 0.717) is 5.92 Å². The summed E-state index contributed by atoms with van der Waals surface area (Å²) < 4.78 is 4.81. The van der Waals surface area contributed by atoms with Gasteiger partial charge in [-0.2, -0.15) is 0 Å². The Morgan fingerprint density at radius 2 is 2.50 bits per heavy atom. The van der Waals surface area contributed by atoms with Crippen LogP contribution in [0, 0.1) is 5.92 Å². The summed E-state index contributed by atoms with van der Waals surface area (Å²) in [6.45, 7) is 0.995. The van der Waals surface area contributed by atoms with Crippen LogP contribution in [0.4, 0.5) is 0 Å². The Bertz CT molecular complexity index is 201. The van der Waals surface area contributed by atoms with Gasteiger partial charge in [0, 0.05) is 0 Å². The largest absolute Gasteiger partial charge is 0.468 e. The highest BCUT2D eigenvalue weighted by Gasteiger charge is 2.47. The molecule has 68 valence electrons. The Kier molecular flexibility index (Phi) is 1.83. The van der Waals surface area contributed by atoms with E-state index in [1.807, 2.05) is 0 Å². The van der Waals surface area contributed by atoms with Crippen LogP contribution in [0.3, 0.4) is 0 Å². The van der Waals surface area contributed by atoms with E-state index in [0.717, 1.165) is 25.8 Å². The van der Waals surface area contributed by atoms with E-state index in [9.17, 15) is 4.79 Å². The van der Waals surface area contributed by atoms with Crippen molar-refractivity contribution in [2.24, 2.45) is 5.92 Å². The second-order valence-electron chi connectivity index (χ2n) is 3.92. The second kappa shape index (κ2) is 2.73. The first kappa shape index (κ1) is 8.05. The Hall–Kier alpha value is -0.570. The third kappa shape index (κ3) is 1.04. The predicted octanol–water partition coefficient (Wildman–Crippen LogP) is 0.692. The number of esters is 1. The predicted molar refractivity (Wildman–Crippen MR) is 44.7 cm³/mol. The Balaban J connectivity index is 2.15. The van der Waals surface area contributed by atoms with Crippen LogP contribution in [0.5, 0.6) is 0 Å². The van der Waals surface area contributed by atoms with Crippen LogP contribution in [-0.2, 0) is 9.53 Å². The monoisotopic (exact) mass is 169 g/mol. The van der Waals surface area contributed by atoms with Gasteiger partial charge >= 0.3 is 5.97 Å². The molecule has 2 bridgehead atoms. The van der Waals surface area contributed by atoms with Crippen molar-refractivity contribution < 1.29 is 9.53 Å². The highest BCUT2D eigenvalue weighted by Crippen LogP contribution is 2.37. The molecule has 2 aliphatic rings. The third-order valence-corrected chi connectivity index (χ3v) is 3.16. The van der Waals surface area contributed by atoms with Crippen LogP contribution in [0.15, 0.2) is 0 Å². The average molecular weight is 169 g/mol. The molecule has 0 aromatic heterocycles. The van der Waals surface area contributed by atoms with Gasteiger partial charge in [-0.1, -0.05) is 6.42 Å². The molecule has 2 fully saturated rings. The van der Waals surface area contributed by atoms with Gasteiger partial charge in [-0.3, -0.25) is 4.79 Å². The summed E-state index contributed by atoms with van der Waals surface area (Å²) in [5.74, 6) is 0.641. The molecule has 0 aromatic rings. The van der Waals surface area contributed by atoms with E-state index < -0.39 is 0 Å². The van der Waals surface area contributed by atoms with E-state index in [1.165, 1.54) is 13.5 Å². The maximum Gasteiger partial charge on any atom is 0.326 e. The van der Waals surface area contributed by atoms with Crippen molar-refractivity contribution >= 4 is 5.97 Å². The lowest BCUT2D eigenvalue weighted by Crippen LogP contribution is -2.48. The molecule has 3 heteroatoms. The van der Waals surface area contributed by atoms with E-state index in [4.69, 9.17) is 4.74 Å². The SMILES string of the molecule is COC(=O)[C@]12CCC[C@H](CN1)C2. The summed E-state index contributed by atoms with van der Waals surface area (Å²) in [7, 11) is 1.47. The minimum Gasteiger partial charge on any atom is -0.468 e. The van der Waals surface area contributed by atoms with Gasteiger partial charge in [-0.25, -0.2) is 0 Å². The number of fused-ring (bicyclic) bond motifs is 2. The Labute approximate surface area is 72.5 Å². The zero-order valence-corrected chi connectivity index (χ0v) is 7.43. The molecule has 12 heavy (non-hydrogen) atoms. The smallest absolute Gasteiger partial charge is 0.326 e. The molecular formula is C9H15NO2. The van der Waals surface area contributed by atoms with Crippen LogP contribution in [0.25, 0.3) is 0 Å². The number of rotatable bonds is 1. The number of carbonyl (C=O) groups excluding carboxylic acids is 1. The third-order valence-electron chi connectivity index (χ3n) is 3.16. The van der Waals surface area contributed by atoms with Gasteiger partial charge in [-0.15, -0.1) is 0 Å². The molecule has 0 radical (unpaired) electrons. The molecule has 1 N–H and O–H groups in total.